The Morgan fingerprint density at radius 2 is 1.79 bits per heavy atom. The molecule has 2 amide bonds. The van der Waals surface area contributed by atoms with Gasteiger partial charge in [0.25, 0.3) is 10.1 Å². The molecule has 2 aromatic rings. The van der Waals surface area contributed by atoms with Crippen molar-refractivity contribution < 1.29 is 26.9 Å². The second-order valence-electron chi connectivity index (χ2n) is 6.44. The molecule has 3 aliphatic heterocycles. The van der Waals surface area contributed by atoms with Crippen molar-refractivity contribution in [3.63, 3.8) is 0 Å². The van der Waals surface area contributed by atoms with Crippen LogP contribution in [0.3, 0.4) is 0 Å². The number of fused-ring (bicyclic) bond motifs is 2. The van der Waals surface area contributed by atoms with Crippen molar-refractivity contribution in [2.75, 3.05) is 0 Å². The van der Waals surface area contributed by atoms with Crippen LogP contribution >= 0.6 is 0 Å². The Balaban J connectivity index is 0.000000264. The van der Waals surface area contributed by atoms with Gasteiger partial charge in [0.15, 0.2) is 6.23 Å². The van der Waals surface area contributed by atoms with Gasteiger partial charge in [0.1, 0.15) is 11.5 Å². The Morgan fingerprint density at radius 3 is 2.18 bits per heavy atom. The molecule has 0 saturated carbocycles. The van der Waals surface area contributed by atoms with E-state index in [1.807, 2.05) is 31.2 Å². The standard InChI is InChI=1S/C13H16N2O5S.C6H4O/c1-8-3-5-10(6-4-8)21(18,19)20-13(14-9(2)16)11-7-12(17)15-11;1-2-5-4-6(3-1)7-5/h3-6,11,13H,7H2,1-2H3,(H,14,16)(H,15,17);1-4H. The molecule has 148 valence electrons. The highest BCUT2D eigenvalue weighted by molar-refractivity contribution is 7.86. The fourth-order valence-corrected chi connectivity index (χ4v) is 3.57. The summed E-state index contributed by atoms with van der Waals surface area (Å²) in [5.74, 6) is 1.31. The van der Waals surface area contributed by atoms with Gasteiger partial charge in [-0.3, -0.25) is 9.59 Å². The van der Waals surface area contributed by atoms with Crippen molar-refractivity contribution in [3.05, 3.63) is 54.1 Å². The molecule has 3 heterocycles. The van der Waals surface area contributed by atoms with Crippen LogP contribution in [0.25, 0.3) is 0 Å². The lowest BCUT2D eigenvalue weighted by atomic mass is 10.1. The molecule has 0 radical (unpaired) electrons. The average molecular weight is 404 g/mol. The average Bonchev–Trinajstić information content (AvgIpc) is 2.59. The first-order chi connectivity index (χ1) is 13.2. The minimum atomic E-state index is -4.03. The second-order valence-corrected chi connectivity index (χ2v) is 8.01. The number of hydrogen-bond donors (Lipinski definition) is 2. The molecule has 2 atom stereocenters. The molecule has 1 fully saturated rings. The van der Waals surface area contributed by atoms with Crippen LogP contribution in [0.2, 0.25) is 0 Å². The van der Waals surface area contributed by atoms with Gasteiger partial charge in [0, 0.05) is 13.0 Å². The first-order valence-corrected chi connectivity index (χ1v) is 9.98. The predicted molar refractivity (Wildman–Crippen MR) is 100 cm³/mol. The zero-order valence-corrected chi connectivity index (χ0v) is 16.2. The number of carbonyl (C=O) groups excluding carboxylic acids is 2. The minimum absolute atomic E-state index is 0.00546. The molecule has 0 spiro atoms. The maximum absolute atomic E-state index is 12.2. The number of benzene rings is 2. The summed E-state index contributed by atoms with van der Waals surface area (Å²) >= 11 is 0. The third-order valence-corrected chi connectivity index (χ3v) is 5.35. The highest BCUT2D eigenvalue weighted by Crippen LogP contribution is 2.32. The summed E-state index contributed by atoms with van der Waals surface area (Å²) < 4.78 is 34.4. The van der Waals surface area contributed by atoms with Gasteiger partial charge >= 0.3 is 0 Å². The van der Waals surface area contributed by atoms with Gasteiger partial charge < -0.3 is 15.4 Å². The van der Waals surface area contributed by atoms with Crippen LogP contribution in [-0.4, -0.2) is 32.5 Å². The molecular weight excluding hydrogens is 384 g/mol. The Labute approximate surface area is 163 Å². The molecule has 3 aliphatic rings. The number of nitrogens with one attached hydrogen (secondary N) is 2. The maximum atomic E-state index is 12.2. The van der Waals surface area contributed by atoms with E-state index in [4.69, 9.17) is 8.92 Å². The fourth-order valence-electron chi connectivity index (χ4n) is 2.54. The van der Waals surface area contributed by atoms with E-state index in [9.17, 15) is 18.0 Å². The number of rotatable bonds is 5. The summed E-state index contributed by atoms with van der Waals surface area (Å²) in [5.41, 5.74) is 0.915. The molecule has 0 aromatic heterocycles. The lowest BCUT2D eigenvalue weighted by Gasteiger charge is -2.33. The number of hydrogen-bond acceptors (Lipinski definition) is 6. The van der Waals surface area contributed by atoms with Gasteiger partial charge in [-0.25, -0.2) is 4.18 Å². The first-order valence-electron chi connectivity index (χ1n) is 8.57. The molecule has 2 unspecified atom stereocenters. The summed E-state index contributed by atoms with van der Waals surface area (Å²) in [4.78, 5) is 22.1. The van der Waals surface area contributed by atoms with Crippen LogP contribution in [0.15, 0.2) is 53.4 Å². The maximum Gasteiger partial charge on any atom is 0.299 e. The fraction of sp³-hybridized carbons (Fsp3) is 0.263. The van der Waals surface area contributed by atoms with Crippen LogP contribution in [0.4, 0.5) is 0 Å². The zero-order valence-electron chi connectivity index (χ0n) is 15.3. The highest BCUT2D eigenvalue weighted by Gasteiger charge is 2.37. The van der Waals surface area contributed by atoms with Gasteiger partial charge in [-0.05, 0) is 31.2 Å². The zero-order chi connectivity index (χ0) is 20.3. The topological polar surface area (TPSA) is 111 Å². The van der Waals surface area contributed by atoms with Crippen LogP contribution < -0.4 is 15.4 Å². The lowest BCUT2D eigenvalue weighted by molar-refractivity contribution is -0.133. The van der Waals surface area contributed by atoms with Gasteiger partial charge in [0.2, 0.25) is 11.8 Å². The molecular formula is C19H20N2O6S. The van der Waals surface area contributed by atoms with Crippen LogP contribution in [0, 0.1) is 6.92 Å². The van der Waals surface area contributed by atoms with Gasteiger partial charge in [-0.15, -0.1) is 0 Å². The van der Waals surface area contributed by atoms with Crippen LogP contribution in [0.1, 0.15) is 18.9 Å². The molecule has 2 aromatic carbocycles. The largest absolute Gasteiger partial charge is 0.457 e. The molecule has 2 bridgehead atoms. The summed E-state index contributed by atoms with van der Waals surface area (Å²) in [5, 5.41) is 4.87. The summed E-state index contributed by atoms with van der Waals surface area (Å²) in [7, 11) is -4.03. The van der Waals surface area contributed by atoms with Crippen molar-refractivity contribution in [3.8, 4) is 11.5 Å². The first kappa shape index (κ1) is 19.8. The van der Waals surface area contributed by atoms with E-state index in [1.165, 1.54) is 19.1 Å². The van der Waals surface area contributed by atoms with E-state index in [1.54, 1.807) is 12.1 Å². The van der Waals surface area contributed by atoms with Crippen LogP contribution in [-0.2, 0) is 23.9 Å². The summed E-state index contributed by atoms with van der Waals surface area (Å²) in [6.45, 7) is 3.08. The Hall–Kier alpha value is -2.91. The lowest BCUT2D eigenvalue weighted by Crippen LogP contribution is -2.61. The summed E-state index contributed by atoms with van der Waals surface area (Å²) in [6, 6.07) is 13.4. The smallest absolute Gasteiger partial charge is 0.299 e. The van der Waals surface area contributed by atoms with E-state index in [0.717, 1.165) is 17.1 Å². The van der Waals surface area contributed by atoms with Gasteiger partial charge in [0.05, 0.1) is 17.4 Å². The van der Waals surface area contributed by atoms with E-state index >= 15 is 0 Å². The Kier molecular flexibility index (Phi) is 5.66. The van der Waals surface area contributed by atoms with Crippen LogP contribution in [0.5, 0.6) is 11.5 Å². The van der Waals surface area contributed by atoms with Crippen molar-refractivity contribution >= 4 is 21.9 Å². The van der Waals surface area contributed by atoms with Crippen molar-refractivity contribution in [2.24, 2.45) is 0 Å². The van der Waals surface area contributed by atoms with Gasteiger partial charge in [-0.1, -0.05) is 23.8 Å². The predicted octanol–water partition coefficient (Wildman–Crippen LogP) is 1.84. The molecule has 0 aliphatic carbocycles. The summed E-state index contributed by atoms with van der Waals surface area (Å²) in [6.07, 6.45) is -1.01. The minimum Gasteiger partial charge on any atom is -0.457 e. The molecule has 1 saturated heterocycles. The quantitative estimate of drug-likeness (QED) is 0.381. The number of amides is 2. The number of β-lactam (4-membered cyclic amide) rings is 1. The van der Waals surface area contributed by atoms with Crippen molar-refractivity contribution in [1.29, 1.82) is 0 Å². The van der Waals surface area contributed by atoms with E-state index in [2.05, 4.69) is 10.6 Å². The Morgan fingerprint density at radius 1 is 1.21 bits per heavy atom. The number of ether oxygens (including phenoxy) is 1. The molecule has 2 N–H and O–H groups in total. The Bertz CT molecular complexity index is 955. The molecule has 8 nitrogen and oxygen atoms in total. The third-order valence-electron chi connectivity index (χ3n) is 4.04. The van der Waals surface area contributed by atoms with E-state index < -0.39 is 28.3 Å². The normalized spacial score (nSPS) is 17.5. The molecule has 5 rings (SSSR count). The monoisotopic (exact) mass is 404 g/mol. The number of carbonyl (C=O) groups is 2. The van der Waals surface area contributed by atoms with Gasteiger partial charge in [-0.2, -0.15) is 8.42 Å². The van der Waals surface area contributed by atoms with Crippen molar-refractivity contribution in [2.45, 2.75) is 37.4 Å². The van der Waals surface area contributed by atoms with E-state index in [-0.39, 0.29) is 17.2 Å². The van der Waals surface area contributed by atoms with E-state index in [0.29, 0.717) is 0 Å². The molecule has 9 heteroatoms. The number of aryl methyl sites for hydroxylation is 1. The second kappa shape index (κ2) is 7.99. The molecule has 28 heavy (non-hydrogen) atoms. The van der Waals surface area contributed by atoms with Crippen molar-refractivity contribution in [1.82, 2.24) is 10.6 Å². The SMILES string of the molecule is CC(=O)NC(OS(=O)(=O)c1ccc(C)cc1)C1CC(=O)N1.c1cc2cc(c1)O2. The highest BCUT2D eigenvalue weighted by atomic mass is 32.2. The third kappa shape index (κ3) is 4.87.